The van der Waals surface area contributed by atoms with Gasteiger partial charge in [0.1, 0.15) is 0 Å². The van der Waals surface area contributed by atoms with Gasteiger partial charge in [-0.2, -0.15) is 0 Å². The Kier molecular flexibility index (Phi) is 3.57. The van der Waals surface area contributed by atoms with Gasteiger partial charge in [-0.05, 0) is 45.6 Å². The summed E-state index contributed by atoms with van der Waals surface area (Å²) in [6, 6.07) is 0. The summed E-state index contributed by atoms with van der Waals surface area (Å²) < 4.78 is 0. The molecule has 0 aliphatic heterocycles. The molecule has 0 heterocycles. The van der Waals surface area contributed by atoms with Crippen LogP contribution in [-0.4, -0.2) is 12.1 Å². The summed E-state index contributed by atoms with van der Waals surface area (Å²) in [5.74, 6) is 0.920. The number of nitrogens with one attached hydrogen (secondary N) is 1. The van der Waals surface area contributed by atoms with E-state index >= 15 is 0 Å². The summed E-state index contributed by atoms with van der Waals surface area (Å²) in [5, 5.41) is 3.65. The van der Waals surface area contributed by atoms with Crippen molar-refractivity contribution in [2.24, 2.45) is 5.92 Å². The van der Waals surface area contributed by atoms with Crippen molar-refractivity contribution in [1.29, 1.82) is 0 Å². The lowest BCUT2D eigenvalue weighted by Gasteiger charge is -2.33. The van der Waals surface area contributed by atoms with Crippen LogP contribution in [0, 0.1) is 5.92 Å². The Bertz CT molecular complexity index is 123. The van der Waals surface area contributed by atoms with Gasteiger partial charge in [0.2, 0.25) is 0 Å². The Morgan fingerprint density at radius 3 is 2.33 bits per heavy atom. The van der Waals surface area contributed by atoms with Gasteiger partial charge in [0.05, 0.1) is 0 Å². The minimum absolute atomic E-state index is 0.381. The van der Waals surface area contributed by atoms with E-state index in [9.17, 15) is 0 Å². The summed E-state index contributed by atoms with van der Waals surface area (Å²) in [6.45, 7) is 8.12. The van der Waals surface area contributed by atoms with Gasteiger partial charge in [-0.25, -0.2) is 0 Å². The van der Waals surface area contributed by atoms with Crippen LogP contribution in [0.4, 0.5) is 0 Å². The fourth-order valence-electron chi connectivity index (χ4n) is 2.24. The molecule has 1 fully saturated rings. The molecule has 0 bridgehead atoms. The summed E-state index contributed by atoms with van der Waals surface area (Å²) in [5.41, 5.74) is 0.381. The molecule has 1 aliphatic rings. The van der Waals surface area contributed by atoms with Crippen LogP contribution in [0.3, 0.4) is 0 Å². The van der Waals surface area contributed by atoms with Crippen LogP contribution in [-0.2, 0) is 0 Å². The van der Waals surface area contributed by atoms with Crippen LogP contribution in [0.15, 0.2) is 0 Å². The highest BCUT2D eigenvalue weighted by Crippen LogP contribution is 2.33. The molecule has 1 rings (SSSR count). The predicted octanol–water partition coefficient (Wildman–Crippen LogP) is 2.95. The minimum atomic E-state index is 0.381. The Morgan fingerprint density at radius 1 is 1.25 bits per heavy atom. The maximum atomic E-state index is 3.65. The monoisotopic (exact) mass is 169 g/mol. The van der Waals surface area contributed by atoms with Gasteiger partial charge in [0, 0.05) is 5.54 Å². The predicted molar refractivity (Wildman–Crippen MR) is 54.3 cm³/mol. The molecule has 1 saturated carbocycles. The van der Waals surface area contributed by atoms with Crippen LogP contribution < -0.4 is 5.32 Å². The average molecular weight is 169 g/mol. The molecule has 0 aromatic carbocycles. The fraction of sp³-hybridized carbons (Fsp3) is 1.00. The number of rotatable bonds is 4. The second-order valence-electron chi connectivity index (χ2n) is 4.63. The first-order valence-corrected chi connectivity index (χ1v) is 5.42. The summed E-state index contributed by atoms with van der Waals surface area (Å²) >= 11 is 0. The lowest BCUT2D eigenvalue weighted by Crippen LogP contribution is -2.45. The first kappa shape index (κ1) is 10.0. The molecule has 0 amide bonds. The Labute approximate surface area is 76.9 Å². The molecule has 0 saturated heterocycles. The van der Waals surface area contributed by atoms with E-state index in [1.807, 2.05) is 0 Å². The molecular formula is C11H23N. The van der Waals surface area contributed by atoms with E-state index in [1.165, 1.54) is 38.6 Å². The highest BCUT2D eigenvalue weighted by molar-refractivity contribution is 4.88. The molecule has 0 spiro atoms. The Morgan fingerprint density at radius 2 is 1.83 bits per heavy atom. The lowest BCUT2D eigenvalue weighted by molar-refractivity contribution is 0.257. The molecule has 1 nitrogen and oxygen atoms in total. The zero-order chi connectivity index (χ0) is 9.03. The van der Waals surface area contributed by atoms with Gasteiger partial charge < -0.3 is 5.32 Å². The largest absolute Gasteiger partial charge is 0.312 e. The smallest absolute Gasteiger partial charge is 0.0153 e. The van der Waals surface area contributed by atoms with E-state index in [0.717, 1.165) is 5.92 Å². The van der Waals surface area contributed by atoms with Crippen LogP contribution in [0.1, 0.15) is 52.9 Å². The van der Waals surface area contributed by atoms with Gasteiger partial charge in [-0.3, -0.25) is 0 Å². The van der Waals surface area contributed by atoms with Crippen molar-refractivity contribution in [3.63, 3.8) is 0 Å². The molecular weight excluding hydrogens is 146 g/mol. The molecule has 1 N–H and O–H groups in total. The van der Waals surface area contributed by atoms with E-state index in [2.05, 4.69) is 26.1 Å². The van der Waals surface area contributed by atoms with Crippen molar-refractivity contribution in [2.45, 2.75) is 58.4 Å². The van der Waals surface area contributed by atoms with E-state index in [0.29, 0.717) is 5.54 Å². The third-order valence-corrected chi connectivity index (χ3v) is 3.21. The van der Waals surface area contributed by atoms with E-state index in [4.69, 9.17) is 0 Å². The van der Waals surface area contributed by atoms with E-state index in [1.54, 1.807) is 0 Å². The first-order chi connectivity index (χ1) is 5.67. The molecule has 1 aliphatic carbocycles. The lowest BCUT2D eigenvalue weighted by atomic mass is 9.86. The summed E-state index contributed by atoms with van der Waals surface area (Å²) in [7, 11) is 0. The minimum Gasteiger partial charge on any atom is -0.312 e. The quantitative estimate of drug-likeness (QED) is 0.682. The van der Waals surface area contributed by atoms with Crippen molar-refractivity contribution in [2.75, 3.05) is 6.54 Å². The molecule has 12 heavy (non-hydrogen) atoms. The third-order valence-electron chi connectivity index (χ3n) is 3.21. The van der Waals surface area contributed by atoms with E-state index in [-0.39, 0.29) is 0 Å². The van der Waals surface area contributed by atoms with Crippen LogP contribution in [0.2, 0.25) is 0 Å². The van der Waals surface area contributed by atoms with Crippen molar-refractivity contribution in [1.82, 2.24) is 5.32 Å². The second kappa shape index (κ2) is 4.27. The molecule has 0 unspecified atom stereocenters. The van der Waals surface area contributed by atoms with Crippen molar-refractivity contribution in [3.05, 3.63) is 0 Å². The summed E-state index contributed by atoms with van der Waals surface area (Å²) in [6.07, 6.45) is 7.01. The second-order valence-corrected chi connectivity index (χ2v) is 4.63. The van der Waals surface area contributed by atoms with Crippen molar-refractivity contribution < 1.29 is 0 Å². The average Bonchev–Trinajstić information content (AvgIpc) is 2.53. The molecule has 72 valence electrons. The maximum Gasteiger partial charge on any atom is 0.0153 e. The normalized spacial score (nSPS) is 20.2. The van der Waals surface area contributed by atoms with Gasteiger partial charge in [-0.15, -0.1) is 0 Å². The van der Waals surface area contributed by atoms with Crippen LogP contribution >= 0.6 is 0 Å². The third kappa shape index (κ3) is 2.48. The Hall–Kier alpha value is -0.0400. The molecule has 0 radical (unpaired) electrons. The topological polar surface area (TPSA) is 12.0 Å². The first-order valence-electron chi connectivity index (χ1n) is 5.42. The Balaban J connectivity index is 2.34. The van der Waals surface area contributed by atoms with E-state index < -0.39 is 0 Å². The molecule has 1 heteroatoms. The van der Waals surface area contributed by atoms with Gasteiger partial charge >= 0.3 is 0 Å². The molecule has 0 aromatic rings. The van der Waals surface area contributed by atoms with Gasteiger partial charge in [-0.1, -0.05) is 19.8 Å². The van der Waals surface area contributed by atoms with Crippen LogP contribution in [0.5, 0.6) is 0 Å². The van der Waals surface area contributed by atoms with Crippen molar-refractivity contribution >= 4 is 0 Å². The van der Waals surface area contributed by atoms with Crippen LogP contribution in [0.25, 0.3) is 0 Å². The van der Waals surface area contributed by atoms with Crippen molar-refractivity contribution in [3.8, 4) is 0 Å². The molecule has 0 aromatic heterocycles. The van der Waals surface area contributed by atoms with Gasteiger partial charge in [0.15, 0.2) is 0 Å². The number of hydrogen-bond acceptors (Lipinski definition) is 1. The van der Waals surface area contributed by atoms with Gasteiger partial charge in [0.25, 0.3) is 0 Å². The fourth-order valence-corrected chi connectivity index (χ4v) is 2.24. The maximum absolute atomic E-state index is 3.65. The zero-order valence-corrected chi connectivity index (χ0v) is 8.82. The summed E-state index contributed by atoms with van der Waals surface area (Å²) in [4.78, 5) is 0. The zero-order valence-electron chi connectivity index (χ0n) is 8.82. The highest BCUT2D eigenvalue weighted by Gasteiger charge is 2.30. The number of hydrogen-bond donors (Lipinski definition) is 1. The highest BCUT2D eigenvalue weighted by atomic mass is 15.0. The SMILES string of the molecule is CCCNC(C)(C)C1CCCC1. The standard InChI is InChI=1S/C11H23N/c1-4-9-12-11(2,3)10-7-5-6-8-10/h10,12H,4-9H2,1-3H3. The molecule has 0 atom stereocenters.